The summed E-state index contributed by atoms with van der Waals surface area (Å²) < 4.78 is 4.20. The van der Waals surface area contributed by atoms with Crippen molar-refractivity contribution < 1.29 is 0 Å². The molecule has 2 unspecified atom stereocenters. The van der Waals surface area contributed by atoms with Gasteiger partial charge in [0.1, 0.15) is 11.3 Å². The minimum absolute atomic E-state index is 0.0825. The van der Waals surface area contributed by atoms with E-state index in [9.17, 15) is 0 Å². The van der Waals surface area contributed by atoms with Crippen LogP contribution in [-0.4, -0.2) is 44.4 Å². The van der Waals surface area contributed by atoms with E-state index in [0.717, 1.165) is 35.8 Å². The summed E-state index contributed by atoms with van der Waals surface area (Å²) in [5.41, 5.74) is 3.06. The monoisotopic (exact) mass is 295 g/mol. The molecule has 0 saturated carbocycles. The smallest absolute Gasteiger partial charge is 0.158 e. The first-order chi connectivity index (χ1) is 9.47. The van der Waals surface area contributed by atoms with Gasteiger partial charge in [0, 0.05) is 20.1 Å². The van der Waals surface area contributed by atoms with Gasteiger partial charge in [-0.05, 0) is 39.8 Å². The van der Waals surface area contributed by atoms with E-state index in [4.69, 9.17) is 16.6 Å². The maximum absolute atomic E-state index is 6.33. The van der Waals surface area contributed by atoms with Gasteiger partial charge in [0.2, 0.25) is 0 Å². The van der Waals surface area contributed by atoms with Crippen LogP contribution in [0, 0.1) is 12.8 Å². The summed E-state index contributed by atoms with van der Waals surface area (Å²) in [4.78, 5) is 7.11. The zero-order chi connectivity index (χ0) is 14.4. The fraction of sp³-hybridized carbons (Fsp3) is 0.714. The second kappa shape index (κ2) is 5.04. The van der Waals surface area contributed by atoms with E-state index in [1.165, 1.54) is 13.0 Å². The number of nitrogens with zero attached hydrogens (tertiary/aromatic N) is 5. The summed E-state index contributed by atoms with van der Waals surface area (Å²) in [5.74, 6) is 1.63. The molecule has 0 spiro atoms. The zero-order valence-electron chi connectivity index (χ0n) is 12.6. The highest BCUT2D eigenvalue weighted by Crippen LogP contribution is 2.28. The number of likely N-dealkylation sites (tertiary alicyclic amines) is 1. The number of halogens is 1. The lowest BCUT2D eigenvalue weighted by Crippen LogP contribution is -2.19. The average Bonchev–Trinajstić information content (AvgIpc) is 3.00. The van der Waals surface area contributed by atoms with E-state index in [1.54, 1.807) is 0 Å². The van der Waals surface area contributed by atoms with Crippen molar-refractivity contribution in [2.75, 3.05) is 20.1 Å². The normalized spacial score (nSPS) is 21.9. The Hall–Kier alpha value is -1.07. The number of imidazole rings is 1. The van der Waals surface area contributed by atoms with E-state index in [2.05, 4.69) is 21.6 Å². The molecule has 0 amide bonds. The molecule has 6 heteroatoms. The highest BCUT2D eigenvalue weighted by Gasteiger charge is 2.25. The van der Waals surface area contributed by atoms with Crippen LogP contribution in [0.25, 0.3) is 11.2 Å². The van der Waals surface area contributed by atoms with Gasteiger partial charge >= 0.3 is 0 Å². The topological polar surface area (TPSA) is 38.9 Å². The van der Waals surface area contributed by atoms with Crippen LogP contribution in [0.1, 0.15) is 30.2 Å². The first-order valence-corrected chi connectivity index (χ1v) is 7.63. The van der Waals surface area contributed by atoms with Gasteiger partial charge in [-0.15, -0.1) is 11.6 Å². The van der Waals surface area contributed by atoms with Gasteiger partial charge in [0.05, 0.1) is 11.1 Å². The van der Waals surface area contributed by atoms with Crippen molar-refractivity contribution in [3.05, 3.63) is 11.5 Å². The third kappa shape index (κ3) is 2.23. The third-order valence-electron chi connectivity index (χ3n) is 4.21. The van der Waals surface area contributed by atoms with Crippen LogP contribution in [0.5, 0.6) is 0 Å². The maximum Gasteiger partial charge on any atom is 0.158 e. The predicted molar refractivity (Wildman–Crippen MR) is 81.1 cm³/mol. The highest BCUT2D eigenvalue weighted by molar-refractivity contribution is 6.20. The number of hydrogen-bond acceptors (Lipinski definition) is 3. The Bertz CT molecular complexity index is 627. The molecule has 0 bridgehead atoms. The molecule has 1 fully saturated rings. The number of rotatable bonds is 3. The van der Waals surface area contributed by atoms with E-state index in [-0.39, 0.29) is 5.38 Å². The van der Waals surface area contributed by atoms with Crippen LogP contribution in [0.4, 0.5) is 0 Å². The summed E-state index contributed by atoms with van der Waals surface area (Å²) in [7, 11) is 4.17. The number of aryl methyl sites for hydroxylation is 2. The van der Waals surface area contributed by atoms with Crippen LogP contribution in [-0.2, 0) is 13.6 Å². The Labute approximate surface area is 124 Å². The first kappa shape index (κ1) is 13.9. The molecule has 110 valence electrons. The fourth-order valence-corrected chi connectivity index (χ4v) is 3.44. The van der Waals surface area contributed by atoms with Crippen molar-refractivity contribution in [3.63, 3.8) is 0 Å². The second-order valence-electron chi connectivity index (χ2n) is 5.99. The molecular formula is C14H22ClN5. The van der Waals surface area contributed by atoms with Crippen molar-refractivity contribution in [1.82, 2.24) is 24.2 Å². The van der Waals surface area contributed by atoms with Crippen molar-refractivity contribution in [3.8, 4) is 0 Å². The fourth-order valence-electron chi connectivity index (χ4n) is 3.27. The van der Waals surface area contributed by atoms with Crippen molar-refractivity contribution in [1.29, 1.82) is 0 Å². The number of hydrogen-bond donors (Lipinski definition) is 0. The van der Waals surface area contributed by atoms with Crippen LogP contribution in [0.3, 0.4) is 0 Å². The lowest BCUT2D eigenvalue weighted by molar-refractivity contribution is 0.376. The van der Waals surface area contributed by atoms with Crippen molar-refractivity contribution in [2.24, 2.45) is 13.0 Å². The summed E-state index contributed by atoms with van der Waals surface area (Å²) in [6, 6.07) is 0. The average molecular weight is 296 g/mol. The lowest BCUT2D eigenvalue weighted by Gasteiger charge is -2.15. The molecule has 2 atom stereocenters. The molecule has 2 aromatic heterocycles. The van der Waals surface area contributed by atoms with Gasteiger partial charge in [0.25, 0.3) is 0 Å². The molecule has 5 nitrogen and oxygen atoms in total. The highest BCUT2D eigenvalue weighted by atomic mass is 35.5. The second-order valence-corrected chi connectivity index (χ2v) is 6.65. The quantitative estimate of drug-likeness (QED) is 0.816. The standard InChI is InChI=1S/C14H22ClN5/c1-9(15)13-16-12-10(2)17-19(4)14(12)20(13)8-11-5-6-18(3)7-11/h9,11H,5-8H2,1-4H3. The van der Waals surface area contributed by atoms with Crippen molar-refractivity contribution >= 4 is 22.8 Å². The molecule has 0 radical (unpaired) electrons. The molecule has 0 aromatic carbocycles. The van der Waals surface area contributed by atoms with Gasteiger partial charge in [-0.2, -0.15) is 5.10 Å². The van der Waals surface area contributed by atoms with Crippen LogP contribution in [0.2, 0.25) is 0 Å². The largest absolute Gasteiger partial charge is 0.311 e. The summed E-state index contributed by atoms with van der Waals surface area (Å²) >= 11 is 6.33. The zero-order valence-corrected chi connectivity index (χ0v) is 13.4. The molecular weight excluding hydrogens is 274 g/mol. The predicted octanol–water partition coefficient (Wildman–Crippen LogP) is 2.33. The molecule has 20 heavy (non-hydrogen) atoms. The van der Waals surface area contributed by atoms with Gasteiger partial charge < -0.3 is 9.47 Å². The lowest BCUT2D eigenvalue weighted by atomic mass is 10.1. The van der Waals surface area contributed by atoms with Gasteiger partial charge in [0.15, 0.2) is 5.65 Å². The number of alkyl halides is 1. The van der Waals surface area contributed by atoms with Crippen molar-refractivity contribution in [2.45, 2.75) is 32.2 Å². The maximum atomic E-state index is 6.33. The van der Waals surface area contributed by atoms with E-state index in [0.29, 0.717) is 5.92 Å². The van der Waals surface area contributed by atoms with Gasteiger partial charge in [-0.1, -0.05) is 0 Å². The molecule has 0 N–H and O–H groups in total. The van der Waals surface area contributed by atoms with E-state index < -0.39 is 0 Å². The van der Waals surface area contributed by atoms with Crippen LogP contribution < -0.4 is 0 Å². The Morgan fingerprint density at radius 3 is 2.75 bits per heavy atom. The summed E-state index contributed by atoms with van der Waals surface area (Å²) in [6.45, 7) is 7.30. The third-order valence-corrected chi connectivity index (χ3v) is 4.40. The molecule has 3 heterocycles. The Kier molecular flexibility index (Phi) is 3.50. The molecule has 3 rings (SSSR count). The van der Waals surface area contributed by atoms with Crippen LogP contribution >= 0.6 is 11.6 Å². The summed E-state index contributed by atoms with van der Waals surface area (Å²) in [6.07, 6.45) is 1.24. The molecule has 1 aliphatic heterocycles. The Balaban J connectivity index is 2.04. The van der Waals surface area contributed by atoms with Gasteiger partial charge in [-0.25, -0.2) is 4.98 Å². The number of fused-ring (bicyclic) bond motifs is 1. The Morgan fingerprint density at radius 1 is 1.40 bits per heavy atom. The van der Waals surface area contributed by atoms with Crippen LogP contribution in [0.15, 0.2) is 0 Å². The molecule has 1 saturated heterocycles. The first-order valence-electron chi connectivity index (χ1n) is 7.19. The minimum atomic E-state index is -0.0825. The SMILES string of the molecule is Cc1nn(C)c2c1nc(C(C)Cl)n2CC1CCN(C)C1. The number of aromatic nitrogens is 4. The van der Waals surface area contributed by atoms with E-state index in [1.807, 2.05) is 25.6 Å². The molecule has 0 aliphatic carbocycles. The molecule has 1 aliphatic rings. The van der Waals surface area contributed by atoms with E-state index >= 15 is 0 Å². The Morgan fingerprint density at radius 2 is 2.15 bits per heavy atom. The minimum Gasteiger partial charge on any atom is -0.311 e. The summed E-state index contributed by atoms with van der Waals surface area (Å²) in [5, 5.41) is 4.40. The molecule has 2 aromatic rings. The van der Waals surface area contributed by atoms with Gasteiger partial charge in [-0.3, -0.25) is 4.68 Å².